The molecule has 1 aromatic heterocycles. The number of halogens is 1. The van der Waals surface area contributed by atoms with Crippen LogP contribution in [0.25, 0.3) is 0 Å². The first-order valence-electron chi connectivity index (χ1n) is 7.04. The third-order valence-electron chi connectivity index (χ3n) is 4.07. The highest BCUT2D eigenvalue weighted by Crippen LogP contribution is 2.28. The van der Waals surface area contributed by atoms with Gasteiger partial charge in [0.2, 0.25) is 0 Å². The van der Waals surface area contributed by atoms with Crippen molar-refractivity contribution in [2.75, 3.05) is 18.6 Å². The van der Waals surface area contributed by atoms with Gasteiger partial charge >= 0.3 is 0 Å². The second-order valence-electron chi connectivity index (χ2n) is 5.45. The molecule has 1 N–H and O–H groups in total. The van der Waals surface area contributed by atoms with Crippen molar-refractivity contribution in [2.24, 2.45) is 13.0 Å². The number of nitrogens with zero attached hydrogens (tertiary/aromatic N) is 2. The number of hydrogen-bond acceptors (Lipinski definition) is 3. The molecule has 0 bridgehead atoms. The molecule has 3 nitrogen and oxygen atoms in total. The van der Waals surface area contributed by atoms with Gasteiger partial charge in [-0.2, -0.15) is 16.9 Å². The van der Waals surface area contributed by atoms with E-state index < -0.39 is 0 Å². The SMILES string of the molecule is CNC(Cc1c(Br)c(C)nn1C)CC1CCSCC1. The zero-order valence-corrected chi connectivity index (χ0v) is 14.5. The second-order valence-corrected chi connectivity index (χ2v) is 7.47. The summed E-state index contributed by atoms with van der Waals surface area (Å²) in [4.78, 5) is 0. The summed E-state index contributed by atoms with van der Waals surface area (Å²) in [6.45, 7) is 2.06. The molecule has 1 unspecified atom stereocenters. The predicted molar refractivity (Wildman–Crippen MR) is 86.9 cm³/mol. The van der Waals surface area contributed by atoms with Crippen LogP contribution in [-0.4, -0.2) is 34.4 Å². The van der Waals surface area contributed by atoms with Gasteiger partial charge < -0.3 is 5.32 Å². The lowest BCUT2D eigenvalue weighted by molar-refractivity contribution is 0.372. The molecule has 1 saturated heterocycles. The second kappa shape index (κ2) is 7.14. The first-order chi connectivity index (χ1) is 9.11. The van der Waals surface area contributed by atoms with E-state index in [1.54, 1.807) is 0 Å². The maximum absolute atomic E-state index is 4.48. The van der Waals surface area contributed by atoms with E-state index >= 15 is 0 Å². The molecule has 0 radical (unpaired) electrons. The molecular formula is C14H24BrN3S. The fourth-order valence-corrected chi connectivity index (χ4v) is 4.52. The maximum atomic E-state index is 4.48. The summed E-state index contributed by atoms with van der Waals surface area (Å²) in [5.41, 5.74) is 2.39. The van der Waals surface area contributed by atoms with Gasteiger partial charge in [0.1, 0.15) is 0 Å². The number of aryl methyl sites for hydroxylation is 2. The predicted octanol–water partition coefficient (Wildman–Crippen LogP) is 3.15. The van der Waals surface area contributed by atoms with Crippen molar-refractivity contribution < 1.29 is 0 Å². The Morgan fingerprint density at radius 2 is 2.16 bits per heavy atom. The van der Waals surface area contributed by atoms with Gasteiger partial charge in [0.15, 0.2) is 0 Å². The Morgan fingerprint density at radius 1 is 1.47 bits per heavy atom. The molecule has 0 aliphatic carbocycles. The van der Waals surface area contributed by atoms with E-state index in [1.165, 1.54) is 40.9 Å². The molecule has 1 fully saturated rings. The van der Waals surface area contributed by atoms with Gasteiger partial charge in [0.25, 0.3) is 0 Å². The minimum Gasteiger partial charge on any atom is -0.317 e. The average Bonchev–Trinajstić information content (AvgIpc) is 2.65. The molecule has 5 heteroatoms. The van der Waals surface area contributed by atoms with E-state index in [2.05, 4.69) is 52.1 Å². The highest BCUT2D eigenvalue weighted by molar-refractivity contribution is 9.10. The zero-order chi connectivity index (χ0) is 13.8. The molecule has 19 heavy (non-hydrogen) atoms. The van der Waals surface area contributed by atoms with Crippen molar-refractivity contribution in [3.63, 3.8) is 0 Å². The molecule has 0 spiro atoms. The molecule has 108 valence electrons. The fraction of sp³-hybridized carbons (Fsp3) is 0.786. The van der Waals surface area contributed by atoms with E-state index in [1.807, 2.05) is 11.7 Å². The highest BCUT2D eigenvalue weighted by atomic mass is 79.9. The molecule has 0 aromatic carbocycles. The first kappa shape index (κ1) is 15.4. The number of aromatic nitrogens is 2. The third kappa shape index (κ3) is 3.99. The molecular weight excluding hydrogens is 322 g/mol. The van der Waals surface area contributed by atoms with Gasteiger partial charge in [-0.3, -0.25) is 4.68 Å². The highest BCUT2D eigenvalue weighted by Gasteiger charge is 2.21. The number of nitrogens with one attached hydrogen (secondary N) is 1. The lowest BCUT2D eigenvalue weighted by Crippen LogP contribution is -2.32. The largest absolute Gasteiger partial charge is 0.317 e. The smallest absolute Gasteiger partial charge is 0.0738 e. The molecule has 2 rings (SSSR count). The van der Waals surface area contributed by atoms with Gasteiger partial charge in [-0.05, 0) is 66.6 Å². The number of rotatable bonds is 5. The van der Waals surface area contributed by atoms with E-state index in [9.17, 15) is 0 Å². The molecule has 1 aliphatic rings. The van der Waals surface area contributed by atoms with E-state index in [-0.39, 0.29) is 0 Å². The average molecular weight is 346 g/mol. The summed E-state index contributed by atoms with van der Waals surface area (Å²) in [6, 6.07) is 0.555. The minimum absolute atomic E-state index is 0.555. The van der Waals surface area contributed by atoms with Crippen LogP contribution in [-0.2, 0) is 13.5 Å². The summed E-state index contributed by atoms with van der Waals surface area (Å²) >= 11 is 5.77. The van der Waals surface area contributed by atoms with Crippen molar-refractivity contribution in [1.29, 1.82) is 0 Å². The van der Waals surface area contributed by atoms with E-state index in [0.29, 0.717) is 6.04 Å². The molecule has 0 amide bonds. The lowest BCUT2D eigenvalue weighted by Gasteiger charge is -2.26. The van der Waals surface area contributed by atoms with Crippen LogP contribution in [0.4, 0.5) is 0 Å². The monoisotopic (exact) mass is 345 g/mol. The normalized spacial score (nSPS) is 18.7. The number of hydrogen-bond donors (Lipinski definition) is 1. The zero-order valence-electron chi connectivity index (χ0n) is 12.1. The summed E-state index contributed by atoms with van der Waals surface area (Å²) in [5.74, 6) is 3.58. The van der Waals surface area contributed by atoms with Crippen LogP contribution in [0, 0.1) is 12.8 Å². The van der Waals surface area contributed by atoms with Crippen LogP contribution in [0.15, 0.2) is 4.47 Å². The van der Waals surface area contributed by atoms with Crippen molar-refractivity contribution in [3.8, 4) is 0 Å². The van der Waals surface area contributed by atoms with Crippen LogP contribution in [0.3, 0.4) is 0 Å². The van der Waals surface area contributed by atoms with Crippen molar-refractivity contribution >= 4 is 27.7 Å². The van der Waals surface area contributed by atoms with Crippen LogP contribution in [0.2, 0.25) is 0 Å². The lowest BCUT2D eigenvalue weighted by atomic mass is 9.92. The van der Waals surface area contributed by atoms with Gasteiger partial charge in [-0.1, -0.05) is 0 Å². The van der Waals surface area contributed by atoms with Gasteiger partial charge in [0.05, 0.1) is 15.9 Å². The summed E-state index contributed by atoms with van der Waals surface area (Å²) < 4.78 is 3.19. The van der Waals surface area contributed by atoms with E-state index in [4.69, 9.17) is 0 Å². The van der Waals surface area contributed by atoms with Crippen molar-refractivity contribution in [1.82, 2.24) is 15.1 Å². The van der Waals surface area contributed by atoms with Gasteiger partial charge in [-0.15, -0.1) is 0 Å². The Labute approximate surface area is 129 Å². The summed E-state index contributed by atoms with van der Waals surface area (Å²) in [6.07, 6.45) is 5.11. The minimum atomic E-state index is 0.555. The number of thioether (sulfide) groups is 1. The Bertz CT molecular complexity index is 413. The van der Waals surface area contributed by atoms with Crippen LogP contribution < -0.4 is 5.32 Å². The molecule has 1 atom stereocenters. The molecule has 0 saturated carbocycles. The van der Waals surface area contributed by atoms with Gasteiger partial charge in [0, 0.05) is 19.5 Å². The van der Waals surface area contributed by atoms with Crippen LogP contribution in [0.5, 0.6) is 0 Å². The third-order valence-corrected chi connectivity index (χ3v) is 6.15. The van der Waals surface area contributed by atoms with Gasteiger partial charge in [-0.25, -0.2) is 0 Å². The Kier molecular flexibility index (Phi) is 5.78. The maximum Gasteiger partial charge on any atom is 0.0738 e. The summed E-state index contributed by atoms with van der Waals surface area (Å²) in [5, 5.41) is 7.98. The van der Waals surface area contributed by atoms with Crippen molar-refractivity contribution in [3.05, 3.63) is 15.9 Å². The standard InChI is InChI=1S/C14H24BrN3S/c1-10-14(15)13(18(3)17-10)9-12(16-2)8-11-4-6-19-7-5-11/h11-12,16H,4-9H2,1-3H3. The fourth-order valence-electron chi connectivity index (χ4n) is 2.82. The molecule has 1 aliphatic heterocycles. The van der Waals surface area contributed by atoms with Crippen molar-refractivity contribution in [2.45, 2.75) is 38.6 Å². The van der Waals surface area contributed by atoms with Crippen LogP contribution >= 0.6 is 27.7 Å². The Balaban J connectivity index is 1.98. The topological polar surface area (TPSA) is 29.9 Å². The summed E-state index contributed by atoms with van der Waals surface area (Å²) in [7, 11) is 4.12. The Morgan fingerprint density at radius 3 is 2.68 bits per heavy atom. The quantitative estimate of drug-likeness (QED) is 0.888. The molecule has 2 heterocycles. The van der Waals surface area contributed by atoms with Crippen LogP contribution in [0.1, 0.15) is 30.7 Å². The van der Waals surface area contributed by atoms with E-state index in [0.717, 1.165) is 18.0 Å². The first-order valence-corrected chi connectivity index (χ1v) is 8.99. The Hall–Kier alpha value is -0.000000000000000111. The molecule has 1 aromatic rings. The number of likely N-dealkylation sites (N-methyl/N-ethyl adjacent to an activating group) is 1.